The third-order valence-electron chi connectivity index (χ3n) is 3.20. The average Bonchev–Trinajstić information content (AvgIpc) is 2.59. The third-order valence-corrected chi connectivity index (χ3v) is 3.20. The van der Waals surface area contributed by atoms with Gasteiger partial charge >= 0.3 is 0 Å². The van der Waals surface area contributed by atoms with Gasteiger partial charge in [0.15, 0.2) is 0 Å². The summed E-state index contributed by atoms with van der Waals surface area (Å²) >= 11 is 0. The summed E-state index contributed by atoms with van der Waals surface area (Å²) < 4.78 is 10.4. The molecule has 0 aromatic heterocycles. The highest BCUT2D eigenvalue weighted by atomic mass is 16.5. The largest absolute Gasteiger partial charge is 0.497 e. The van der Waals surface area contributed by atoms with Crippen molar-refractivity contribution in [3.63, 3.8) is 0 Å². The number of benzene rings is 2. The first-order valence-corrected chi connectivity index (χ1v) is 7.24. The molecule has 2 aromatic carbocycles. The van der Waals surface area contributed by atoms with Crippen LogP contribution >= 0.6 is 0 Å². The Kier molecular flexibility index (Phi) is 6.07. The van der Waals surface area contributed by atoms with Crippen LogP contribution < -0.4 is 14.8 Å². The van der Waals surface area contributed by atoms with E-state index < -0.39 is 0 Å². The first-order valence-electron chi connectivity index (χ1n) is 7.24. The zero-order valence-electron chi connectivity index (χ0n) is 13.3. The smallest absolute Gasteiger partial charge is 0.225 e. The minimum Gasteiger partial charge on any atom is -0.497 e. The number of ether oxygens (including phenoxy) is 2. The molecule has 23 heavy (non-hydrogen) atoms. The lowest BCUT2D eigenvalue weighted by Gasteiger charge is -2.04. The molecule has 1 amide bonds. The molecular formula is C19H19NO3. The molecule has 0 saturated carbocycles. The van der Waals surface area contributed by atoms with Gasteiger partial charge in [-0.15, -0.1) is 0 Å². The lowest BCUT2D eigenvalue weighted by Crippen LogP contribution is -2.25. The Bertz CT molecular complexity index is 729. The van der Waals surface area contributed by atoms with Crippen LogP contribution in [-0.2, 0) is 11.2 Å². The Morgan fingerprint density at radius 3 is 2.70 bits per heavy atom. The van der Waals surface area contributed by atoms with Crippen LogP contribution in [0.3, 0.4) is 0 Å². The van der Waals surface area contributed by atoms with Crippen LogP contribution in [0, 0.1) is 11.8 Å². The fraction of sp³-hybridized carbons (Fsp3) is 0.211. The van der Waals surface area contributed by atoms with E-state index in [1.54, 1.807) is 14.2 Å². The molecule has 0 radical (unpaired) electrons. The first kappa shape index (κ1) is 16.4. The van der Waals surface area contributed by atoms with E-state index in [9.17, 15) is 4.79 Å². The molecule has 2 rings (SSSR count). The normalized spacial score (nSPS) is 9.48. The number of carbonyl (C=O) groups is 1. The van der Waals surface area contributed by atoms with Crippen molar-refractivity contribution in [2.75, 3.05) is 20.8 Å². The summed E-state index contributed by atoms with van der Waals surface area (Å²) in [6.45, 7) is 0.293. The van der Waals surface area contributed by atoms with Gasteiger partial charge < -0.3 is 14.8 Å². The van der Waals surface area contributed by atoms with Crippen LogP contribution in [0.1, 0.15) is 11.1 Å². The van der Waals surface area contributed by atoms with Crippen molar-refractivity contribution in [1.82, 2.24) is 5.32 Å². The zero-order chi connectivity index (χ0) is 16.5. The van der Waals surface area contributed by atoms with Crippen molar-refractivity contribution in [2.45, 2.75) is 6.42 Å². The average molecular weight is 309 g/mol. The summed E-state index contributed by atoms with van der Waals surface area (Å²) in [5.74, 6) is 7.31. The summed E-state index contributed by atoms with van der Waals surface area (Å²) in [6.07, 6.45) is 0.299. The van der Waals surface area contributed by atoms with Crippen molar-refractivity contribution >= 4 is 5.91 Å². The number of methoxy groups -OCH3 is 2. The summed E-state index contributed by atoms with van der Waals surface area (Å²) in [5, 5.41) is 2.78. The van der Waals surface area contributed by atoms with E-state index in [4.69, 9.17) is 9.47 Å². The van der Waals surface area contributed by atoms with Gasteiger partial charge in [0.1, 0.15) is 11.5 Å². The van der Waals surface area contributed by atoms with E-state index in [0.717, 1.165) is 22.6 Å². The lowest BCUT2D eigenvalue weighted by atomic mass is 10.1. The molecule has 0 unspecified atom stereocenters. The predicted octanol–water partition coefficient (Wildman–Crippen LogP) is 2.41. The minimum absolute atomic E-state index is 0.0763. The van der Waals surface area contributed by atoms with Gasteiger partial charge in [-0.25, -0.2) is 0 Å². The molecule has 0 aliphatic heterocycles. The topological polar surface area (TPSA) is 47.6 Å². The van der Waals surface area contributed by atoms with E-state index in [1.807, 2.05) is 48.5 Å². The second-order valence-electron chi connectivity index (χ2n) is 4.81. The quantitative estimate of drug-likeness (QED) is 0.863. The molecule has 4 heteroatoms. The fourth-order valence-corrected chi connectivity index (χ4v) is 2.06. The SMILES string of the molecule is COc1cccc(CC(=O)NCC#Cc2ccccc2OC)c1. The molecule has 0 saturated heterocycles. The fourth-order valence-electron chi connectivity index (χ4n) is 2.06. The predicted molar refractivity (Wildman–Crippen MR) is 89.6 cm³/mol. The van der Waals surface area contributed by atoms with Crippen LogP contribution in [0.5, 0.6) is 11.5 Å². The highest BCUT2D eigenvalue weighted by Gasteiger charge is 2.03. The van der Waals surface area contributed by atoms with E-state index in [2.05, 4.69) is 17.2 Å². The van der Waals surface area contributed by atoms with Crippen LogP contribution in [0.2, 0.25) is 0 Å². The summed E-state index contributed by atoms with van der Waals surface area (Å²) in [5.41, 5.74) is 1.71. The number of para-hydroxylation sites is 1. The molecule has 0 aliphatic rings. The molecule has 0 atom stereocenters. The Balaban J connectivity index is 1.87. The Labute approximate surface area is 136 Å². The number of carbonyl (C=O) groups excluding carboxylic acids is 1. The Hall–Kier alpha value is -2.93. The molecule has 4 nitrogen and oxygen atoms in total. The second-order valence-corrected chi connectivity index (χ2v) is 4.81. The maximum atomic E-state index is 11.9. The number of nitrogens with one attached hydrogen (secondary N) is 1. The molecule has 0 fully saturated rings. The van der Waals surface area contributed by atoms with Gasteiger partial charge in [-0.1, -0.05) is 36.1 Å². The van der Waals surface area contributed by atoms with Crippen LogP contribution in [-0.4, -0.2) is 26.7 Å². The van der Waals surface area contributed by atoms with Gasteiger partial charge in [0.2, 0.25) is 5.91 Å². The summed E-state index contributed by atoms with van der Waals surface area (Å²) in [7, 11) is 3.21. The molecule has 118 valence electrons. The third kappa shape index (κ3) is 5.08. The van der Waals surface area contributed by atoms with Gasteiger partial charge in [0.05, 0.1) is 32.7 Å². The number of rotatable bonds is 5. The van der Waals surface area contributed by atoms with Gasteiger partial charge in [0, 0.05) is 0 Å². The number of amides is 1. The van der Waals surface area contributed by atoms with Crippen molar-refractivity contribution in [3.8, 4) is 23.3 Å². The van der Waals surface area contributed by atoms with Crippen molar-refractivity contribution in [2.24, 2.45) is 0 Å². The lowest BCUT2D eigenvalue weighted by molar-refractivity contribution is -0.120. The maximum absolute atomic E-state index is 11.9. The van der Waals surface area contributed by atoms with E-state index in [0.29, 0.717) is 13.0 Å². The summed E-state index contributed by atoms with van der Waals surface area (Å²) in [4.78, 5) is 11.9. The highest BCUT2D eigenvalue weighted by Crippen LogP contribution is 2.15. The molecule has 0 spiro atoms. The van der Waals surface area contributed by atoms with Crippen LogP contribution in [0.15, 0.2) is 48.5 Å². The molecule has 0 bridgehead atoms. The van der Waals surface area contributed by atoms with Crippen molar-refractivity contribution in [3.05, 3.63) is 59.7 Å². The minimum atomic E-state index is -0.0763. The van der Waals surface area contributed by atoms with Gasteiger partial charge in [-0.05, 0) is 29.8 Å². The van der Waals surface area contributed by atoms with Crippen molar-refractivity contribution in [1.29, 1.82) is 0 Å². The molecule has 2 aromatic rings. The Morgan fingerprint density at radius 2 is 1.91 bits per heavy atom. The highest BCUT2D eigenvalue weighted by molar-refractivity contribution is 5.78. The first-order chi connectivity index (χ1) is 11.2. The van der Waals surface area contributed by atoms with E-state index in [1.165, 1.54) is 0 Å². The maximum Gasteiger partial charge on any atom is 0.225 e. The molecule has 0 heterocycles. The van der Waals surface area contributed by atoms with Gasteiger partial charge in [-0.3, -0.25) is 4.79 Å². The molecule has 0 aliphatic carbocycles. The van der Waals surface area contributed by atoms with E-state index in [-0.39, 0.29) is 5.91 Å². The van der Waals surface area contributed by atoms with E-state index >= 15 is 0 Å². The van der Waals surface area contributed by atoms with Crippen LogP contribution in [0.25, 0.3) is 0 Å². The second kappa shape index (κ2) is 8.50. The van der Waals surface area contributed by atoms with Gasteiger partial charge in [-0.2, -0.15) is 0 Å². The van der Waals surface area contributed by atoms with Crippen LogP contribution in [0.4, 0.5) is 0 Å². The molecular weight excluding hydrogens is 290 g/mol. The summed E-state index contributed by atoms with van der Waals surface area (Å²) in [6, 6.07) is 15.0. The van der Waals surface area contributed by atoms with Gasteiger partial charge in [0.25, 0.3) is 0 Å². The Morgan fingerprint density at radius 1 is 1.09 bits per heavy atom. The monoisotopic (exact) mass is 309 g/mol. The number of hydrogen-bond donors (Lipinski definition) is 1. The molecule has 1 N–H and O–H groups in total. The van der Waals surface area contributed by atoms with Crippen molar-refractivity contribution < 1.29 is 14.3 Å². The number of hydrogen-bond acceptors (Lipinski definition) is 3. The zero-order valence-corrected chi connectivity index (χ0v) is 13.3. The standard InChI is InChI=1S/C19H19NO3/c1-22-17-10-5-7-15(13-17)14-19(21)20-12-6-9-16-8-3-4-11-18(16)23-2/h3-5,7-8,10-11,13H,12,14H2,1-2H3,(H,20,21).